The van der Waals surface area contributed by atoms with Crippen molar-refractivity contribution in [3.05, 3.63) is 24.0 Å². The fraction of sp³-hybridized carbons (Fsp3) is 0.333. The summed E-state index contributed by atoms with van der Waals surface area (Å²) in [5.74, 6) is -2.01. The molecular formula is C9H12BFO3. The molecule has 76 valence electrons. The van der Waals surface area contributed by atoms with E-state index in [1.54, 1.807) is 0 Å². The normalized spacial score (nSPS) is 20.4. The molecule has 14 heavy (non-hydrogen) atoms. The van der Waals surface area contributed by atoms with Gasteiger partial charge in [0.1, 0.15) is 0 Å². The fourth-order valence-corrected chi connectivity index (χ4v) is 0.869. The maximum atomic E-state index is 13.6. The highest BCUT2D eigenvalue weighted by atomic mass is 19.1. The van der Waals surface area contributed by atoms with Crippen LogP contribution < -0.4 is 10.2 Å². The van der Waals surface area contributed by atoms with Crippen LogP contribution in [-0.2, 0) is 0 Å². The molecule has 0 aliphatic rings. The average Bonchev–Trinajstić information content (AvgIpc) is 2.28. The third kappa shape index (κ3) is 2.72. The Morgan fingerprint density at radius 3 is 2.86 bits per heavy atom. The van der Waals surface area contributed by atoms with Crippen LogP contribution in [0.3, 0.4) is 0 Å². The molecular weight excluding hydrogens is 186 g/mol. The number of halogens is 1. The summed E-state index contributed by atoms with van der Waals surface area (Å²) in [4.78, 5) is 0. The first-order valence-corrected chi connectivity index (χ1v) is 3.64. The predicted molar refractivity (Wildman–Crippen MR) is 52.0 cm³/mol. The molecule has 5 heteroatoms. The minimum atomic E-state index is -3.40. The lowest BCUT2D eigenvalue weighted by molar-refractivity contribution is 0.231. The van der Waals surface area contributed by atoms with E-state index in [9.17, 15) is 4.39 Å². The second kappa shape index (κ2) is 4.44. The van der Waals surface area contributed by atoms with Gasteiger partial charge < -0.3 is 14.8 Å². The molecule has 2 N–H and O–H groups in total. The number of hydrogen-bond acceptors (Lipinski definition) is 3. The van der Waals surface area contributed by atoms with Gasteiger partial charge in [-0.1, -0.05) is 6.07 Å². The Balaban J connectivity index is 3.32. The van der Waals surface area contributed by atoms with E-state index in [1.807, 2.05) is 0 Å². The number of rotatable bonds is 3. The van der Waals surface area contributed by atoms with Gasteiger partial charge in [0.05, 0.1) is 7.45 Å². The van der Waals surface area contributed by atoms with Gasteiger partial charge in [-0.05, 0) is 31.3 Å². The number of hydrogen-bond donors (Lipinski definition) is 2. The number of benzene rings is 1. The van der Waals surface area contributed by atoms with Gasteiger partial charge in [-0.15, -0.1) is 0 Å². The van der Waals surface area contributed by atoms with Crippen molar-refractivity contribution >= 4 is 12.6 Å². The molecule has 0 unspecified atom stereocenters. The van der Waals surface area contributed by atoms with Crippen molar-refractivity contribution in [1.82, 2.24) is 0 Å². The van der Waals surface area contributed by atoms with Gasteiger partial charge in [0.15, 0.2) is 11.6 Å². The molecule has 0 saturated heterocycles. The van der Waals surface area contributed by atoms with Crippen molar-refractivity contribution < 1.29 is 28.8 Å². The predicted octanol–water partition coefficient (Wildman–Crippen LogP) is 0.293. The smallest absolute Gasteiger partial charge is 0.488 e. The summed E-state index contributed by atoms with van der Waals surface area (Å²) in [6.45, 7) is -6.78. The largest absolute Gasteiger partial charge is 0.488 e. The average molecular weight is 205 g/mol. The summed E-state index contributed by atoms with van der Waals surface area (Å²) in [6.07, 6.45) is -3.40. The van der Waals surface area contributed by atoms with E-state index in [1.165, 1.54) is 0 Å². The van der Waals surface area contributed by atoms with Crippen molar-refractivity contribution in [2.45, 2.75) is 19.8 Å². The van der Waals surface area contributed by atoms with E-state index in [0.717, 1.165) is 18.2 Å². The molecule has 0 aliphatic heterocycles. The van der Waals surface area contributed by atoms with Crippen LogP contribution in [0, 0.1) is 5.82 Å². The van der Waals surface area contributed by atoms with Crippen LogP contribution in [-0.4, -0.2) is 23.2 Å². The maximum absolute atomic E-state index is 13.6. The van der Waals surface area contributed by atoms with Gasteiger partial charge >= 0.3 is 7.12 Å². The molecule has 0 aromatic heterocycles. The summed E-state index contributed by atoms with van der Waals surface area (Å²) in [6, 6.07) is 2.45. The number of ether oxygens (including phenoxy) is 1. The van der Waals surface area contributed by atoms with Gasteiger partial charge in [-0.2, -0.15) is 0 Å². The molecule has 1 aromatic rings. The van der Waals surface area contributed by atoms with Crippen molar-refractivity contribution in [1.29, 1.82) is 0 Å². The molecule has 3 nitrogen and oxygen atoms in total. The monoisotopic (exact) mass is 205 g/mol. The lowest BCUT2D eigenvalue weighted by atomic mass is 9.80. The van der Waals surface area contributed by atoms with Gasteiger partial charge in [-0.25, -0.2) is 4.39 Å². The van der Waals surface area contributed by atoms with Crippen molar-refractivity contribution in [2.24, 2.45) is 0 Å². The topological polar surface area (TPSA) is 49.7 Å². The Morgan fingerprint density at radius 2 is 2.29 bits per heavy atom. The summed E-state index contributed by atoms with van der Waals surface area (Å²) in [5, 5.41) is 17.9. The molecule has 0 atom stereocenters. The summed E-state index contributed by atoms with van der Waals surface area (Å²) >= 11 is 0. The summed E-state index contributed by atoms with van der Waals surface area (Å²) in [7, 11) is -1.99. The van der Waals surface area contributed by atoms with E-state index in [-0.39, 0.29) is 5.46 Å². The highest BCUT2D eigenvalue weighted by Crippen LogP contribution is 2.15. The van der Waals surface area contributed by atoms with Gasteiger partial charge in [0.25, 0.3) is 0 Å². The van der Waals surface area contributed by atoms with Crippen LogP contribution >= 0.6 is 0 Å². The van der Waals surface area contributed by atoms with Gasteiger partial charge in [0, 0.05) is 8.22 Å². The zero-order valence-corrected chi connectivity index (χ0v) is 6.99. The van der Waals surface area contributed by atoms with Crippen molar-refractivity contribution in [3.8, 4) is 5.75 Å². The Labute approximate surface area is 92.1 Å². The minimum absolute atomic E-state index is 0.246. The molecule has 1 aromatic carbocycles. The lowest BCUT2D eigenvalue weighted by Crippen LogP contribution is -2.30. The lowest BCUT2D eigenvalue weighted by Gasteiger charge is -2.11. The van der Waals surface area contributed by atoms with Crippen LogP contribution in [0.2, 0.25) is 0 Å². The quantitative estimate of drug-likeness (QED) is 0.697. The SMILES string of the molecule is [2H]C([2H])([2H])C([2H])(Oc1cc(B(O)O)ccc1F)C([2H])([2H])[2H]. The highest BCUT2D eigenvalue weighted by Gasteiger charge is 2.14. The molecule has 0 heterocycles. The second-order valence-electron chi connectivity index (χ2n) is 2.49. The molecule has 0 saturated carbocycles. The molecule has 0 fully saturated rings. The highest BCUT2D eigenvalue weighted by molar-refractivity contribution is 6.58. The van der Waals surface area contributed by atoms with Crippen LogP contribution in [0.4, 0.5) is 4.39 Å². The Hall–Kier alpha value is -1.07. The minimum Gasteiger partial charge on any atom is -0.488 e. The fourth-order valence-electron chi connectivity index (χ4n) is 0.869. The first kappa shape index (κ1) is 4.64. The third-order valence-electron chi connectivity index (χ3n) is 1.47. The van der Waals surface area contributed by atoms with Crippen LogP contribution in [0.1, 0.15) is 23.3 Å². The summed E-state index contributed by atoms with van der Waals surface area (Å²) < 4.78 is 68.6. The van der Waals surface area contributed by atoms with Gasteiger partial charge in [-0.3, -0.25) is 0 Å². The standard InChI is InChI=1S/C9H12BFO3/c1-6(2)14-9-5-7(10(12)13)3-4-8(9)11/h3-6,12-13H,1-2H3/i1D3,2D3,6D. The van der Waals surface area contributed by atoms with E-state index < -0.39 is 38.5 Å². The molecule has 0 aliphatic carbocycles. The Bertz CT molecular complexity index is 503. The maximum Gasteiger partial charge on any atom is 0.488 e. The van der Waals surface area contributed by atoms with Gasteiger partial charge in [0.2, 0.25) is 0 Å². The van der Waals surface area contributed by atoms with Crippen LogP contribution in [0.15, 0.2) is 18.2 Å². The Kier molecular flexibility index (Phi) is 1.47. The molecule has 0 amide bonds. The molecule has 0 spiro atoms. The van der Waals surface area contributed by atoms with Crippen molar-refractivity contribution in [2.75, 3.05) is 0 Å². The first-order chi connectivity index (χ1) is 9.29. The van der Waals surface area contributed by atoms with Crippen LogP contribution in [0.25, 0.3) is 0 Å². The molecule has 1 rings (SSSR count). The van der Waals surface area contributed by atoms with E-state index in [2.05, 4.69) is 4.74 Å². The third-order valence-corrected chi connectivity index (χ3v) is 1.47. The van der Waals surface area contributed by atoms with E-state index in [0.29, 0.717) is 0 Å². The molecule has 0 bridgehead atoms. The zero-order valence-electron chi connectivity index (χ0n) is 14.0. The second-order valence-corrected chi connectivity index (χ2v) is 2.49. The Morgan fingerprint density at radius 1 is 1.57 bits per heavy atom. The van der Waals surface area contributed by atoms with E-state index >= 15 is 0 Å². The van der Waals surface area contributed by atoms with Crippen molar-refractivity contribution in [3.63, 3.8) is 0 Å². The first-order valence-electron chi connectivity index (χ1n) is 7.14. The van der Waals surface area contributed by atoms with Crippen LogP contribution in [0.5, 0.6) is 5.75 Å². The van der Waals surface area contributed by atoms with E-state index in [4.69, 9.17) is 19.6 Å². The summed E-state index contributed by atoms with van der Waals surface area (Å²) in [5.41, 5.74) is -0.246. The zero-order chi connectivity index (χ0) is 16.6. The molecule has 0 radical (unpaired) electrons.